The van der Waals surface area contributed by atoms with E-state index in [1.165, 1.54) is 16.0 Å². The summed E-state index contributed by atoms with van der Waals surface area (Å²) >= 11 is 1.77. The summed E-state index contributed by atoms with van der Waals surface area (Å²) in [5.41, 5.74) is 2.77. The maximum Gasteiger partial charge on any atom is 0.193 e. The summed E-state index contributed by atoms with van der Waals surface area (Å²) in [5.74, 6) is 0.971. The molecule has 0 aromatic heterocycles. The van der Waals surface area contributed by atoms with Crippen molar-refractivity contribution < 1.29 is 4.74 Å². The van der Waals surface area contributed by atoms with Gasteiger partial charge in [0.1, 0.15) is 0 Å². The molecule has 0 spiro atoms. The number of guanidine groups is 1. The van der Waals surface area contributed by atoms with Gasteiger partial charge in [0.05, 0.1) is 13.2 Å². The Bertz CT molecular complexity index is 560. The first-order valence-corrected chi connectivity index (χ1v) is 9.83. The zero-order valence-electron chi connectivity index (χ0n) is 15.5. The van der Waals surface area contributed by atoms with Crippen molar-refractivity contribution in [3.05, 3.63) is 41.5 Å². The molecule has 0 atom stereocenters. The van der Waals surface area contributed by atoms with E-state index in [0.29, 0.717) is 0 Å². The lowest BCUT2D eigenvalue weighted by molar-refractivity contribution is 0.153. The third-order valence-electron chi connectivity index (χ3n) is 4.03. The summed E-state index contributed by atoms with van der Waals surface area (Å²) in [6.07, 6.45) is 6.37. The van der Waals surface area contributed by atoms with Gasteiger partial charge in [-0.25, -0.2) is 0 Å². The SMILES string of the molecule is CCNC(=NCCC1=CCOCC1)N(C)Cc1ccc(SC)cc1.I. The van der Waals surface area contributed by atoms with Crippen LogP contribution in [0.15, 0.2) is 45.8 Å². The molecule has 0 fully saturated rings. The molecule has 140 valence electrons. The molecule has 1 aliphatic rings. The Morgan fingerprint density at radius 1 is 1.32 bits per heavy atom. The molecule has 0 unspecified atom stereocenters. The lowest BCUT2D eigenvalue weighted by Crippen LogP contribution is -2.38. The van der Waals surface area contributed by atoms with Gasteiger partial charge in [-0.15, -0.1) is 35.7 Å². The number of hydrogen-bond donors (Lipinski definition) is 1. The van der Waals surface area contributed by atoms with Crippen molar-refractivity contribution in [1.82, 2.24) is 10.2 Å². The highest BCUT2D eigenvalue weighted by atomic mass is 127. The molecule has 2 rings (SSSR count). The Balaban J connectivity index is 0.00000312. The van der Waals surface area contributed by atoms with E-state index in [1.54, 1.807) is 11.8 Å². The Morgan fingerprint density at radius 2 is 2.08 bits per heavy atom. The van der Waals surface area contributed by atoms with Gasteiger partial charge in [0.25, 0.3) is 0 Å². The van der Waals surface area contributed by atoms with Crippen molar-refractivity contribution in [2.24, 2.45) is 4.99 Å². The van der Waals surface area contributed by atoms with Gasteiger partial charge < -0.3 is 15.0 Å². The molecule has 0 saturated heterocycles. The molecule has 0 bridgehead atoms. The smallest absolute Gasteiger partial charge is 0.193 e. The number of nitrogens with one attached hydrogen (secondary N) is 1. The molecule has 1 N–H and O–H groups in total. The summed E-state index contributed by atoms with van der Waals surface area (Å²) in [6, 6.07) is 8.74. The second-order valence-corrected chi connectivity index (χ2v) is 6.76. The fourth-order valence-corrected chi connectivity index (χ4v) is 3.06. The molecule has 1 heterocycles. The van der Waals surface area contributed by atoms with Crippen molar-refractivity contribution >= 4 is 41.7 Å². The summed E-state index contributed by atoms with van der Waals surface area (Å²) < 4.78 is 5.35. The summed E-state index contributed by atoms with van der Waals surface area (Å²) in [7, 11) is 2.09. The van der Waals surface area contributed by atoms with Crippen LogP contribution in [0.5, 0.6) is 0 Å². The van der Waals surface area contributed by atoms with Crippen LogP contribution in [0.1, 0.15) is 25.3 Å². The van der Waals surface area contributed by atoms with Gasteiger partial charge >= 0.3 is 0 Å². The van der Waals surface area contributed by atoms with E-state index in [4.69, 9.17) is 9.73 Å². The number of hydrogen-bond acceptors (Lipinski definition) is 3. The second kappa shape index (κ2) is 12.6. The summed E-state index contributed by atoms with van der Waals surface area (Å²) in [4.78, 5) is 8.27. The molecule has 1 aromatic rings. The monoisotopic (exact) mass is 475 g/mol. The molecule has 1 aliphatic heterocycles. The molecule has 0 aliphatic carbocycles. The molecular weight excluding hydrogens is 445 g/mol. The summed E-state index contributed by atoms with van der Waals surface area (Å²) in [6.45, 7) is 6.27. The van der Waals surface area contributed by atoms with Crippen LogP contribution in [-0.4, -0.2) is 50.5 Å². The number of ether oxygens (including phenoxy) is 1. The van der Waals surface area contributed by atoms with Gasteiger partial charge in [-0.3, -0.25) is 4.99 Å². The zero-order valence-corrected chi connectivity index (χ0v) is 18.6. The molecule has 0 radical (unpaired) electrons. The van der Waals surface area contributed by atoms with E-state index in [0.717, 1.165) is 51.6 Å². The van der Waals surface area contributed by atoms with Crippen LogP contribution < -0.4 is 5.32 Å². The van der Waals surface area contributed by atoms with Gasteiger partial charge in [-0.05, 0) is 43.7 Å². The van der Waals surface area contributed by atoms with Gasteiger partial charge in [0.15, 0.2) is 5.96 Å². The molecular formula is C19H30IN3OS. The van der Waals surface area contributed by atoms with Crippen molar-refractivity contribution in [3.63, 3.8) is 0 Å². The number of nitrogens with zero attached hydrogens (tertiary/aromatic N) is 2. The fraction of sp³-hybridized carbons (Fsp3) is 0.526. The molecule has 6 heteroatoms. The van der Waals surface area contributed by atoms with E-state index in [-0.39, 0.29) is 24.0 Å². The highest BCUT2D eigenvalue weighted by Gasteiger charge is 2.08. The first-order valence-electron chi connectivity index (χ1n) is 8.61. The standard InChI is InChI=1S/C19H29N3OS.HI/c1-4-20-19(21-12-9-16-10-13-23-14-11-16)22(2)15-17-5-7-18(24-3)8-6-17;/h5-8,10H,4,9,11-15H2,1-3H3,(H,20,21);1H. The topological polar surface area (TPSA) is 36.9 Å². The van der Waals surface area contributed by atoms with Gasteiger partial charge in [-0.2, -0.15) is 0 Å². The largest absolute Gasteiger partial charge is 0.377 e. The molecule has 4 nitrogen and oxygen atoms in total. The number of halogens is 1. The Kier molecular flexibility index (Phi) is 11.2. The highest BCUT2D eigenvalue weighted by Crippen LogP contribution is 2.16. The third-order valence-corrected chi connectivity index (χ3v) is 4.77. The Labute approximate surface area is 173 Å². The van der Waals surface area contributed by atoms with Crippen LogP contribution in [0.3, 0.4) is 0 Å². The maximum atomic E-state index is 5.35. The van der Waals surface area contributed by atoms with Crippen molar-refractivity contribution in [2.45, 2.75) is 31.2 Å². The highest BCUT2D eigenvalue weighted by molar-refractivity contribution is 14.0. The predicted octanol–water partition coefficient (Wildman–Crippen LogP) is 4.16. The summed E-state index contributed by atoms with van der Waals surface area (Å²) in [5, 5.41) is 3.39. The average molecular weight is 475 g/mol. The van der Waals surface area contributed by atoms with Crippen LogP contribution >= 0.6 is 35.7 Å². The van der Waals surface area contributed by atoms with Crippen LogP contribution in [0.25, 0.3) is 0 Å². The van der Waals surface area contributed by atoms with Gasteiger partial charge in [-0.1, -0.05) is 23.8 Å². The van der Waals surface area contributed by atoms with Crippen molar-refractivity contribution in [1.29, 1.82) is 0 Å². The van der Waals surface area contributed by atoms with E-state index < -0.39 is 0 Å². The Hall–Kier alpha value is -0.730. The van der Waals surface area contributed by atoms with E-state index in [1.807, 2.05) is 0 Å². The fourth-order valence-electron chi connectivity index (χ4n) is 2.65. The molecule has 0 amide bonds. The normalized spacial score (nSPS) is 14.5. The van der Waals surface area contributed by atoms with Crippen molar-refractivity contribution in [2.75, 3.05) is 39.6 Å². The van der Waals surface area contributed by atoms with Crippen molar-refractivity contribution in [3.8, 4) is 0 Å². The second-order valence-electron chi connectivity index (χ2n) is 5.88. The minimum atomic E-state index is 0. The first-order chi connectivity index (χ1) is 11.7. The first kappa shape index (κ1) is 22.3. The van der Waals surface area contributed by atoms with Gasteiger partial charge in [0.2, 0.25) is 0 Å². The minimum Gasteiger partial charge on any atom is -0.377 e. The van der Waals surface area contributed by atoms with Crippen LogP contribution in [0.2, 0.25) is 0 Å². The minimum absolute atomic E-state index is 0. The van der Waals surface area contributed by atoms with Crippen LogP contribution in [0.4, 0.5) is 0 Å². The van der Waals surface area contributed by atoms with E-state index in [9.17, 15) is 0 Å². The number of thioether (sulfide) groups is 1. The average Bonchev–Trinajstić information content (AvgIpc) is 2.62. The lowest BCUT2D eigenvalue weighted by Gasteiger charge is -2.22. The number of benzene rings is 1. The molecule has 25 heavy (non-hydrogen) atoms. The molecule has 0 saturated carbocycles. The quantitative estimate of drug-likeness (QED) is 0.211. The van der Waals surface area contributed by atoms with E-state index >= 15 is 0 Å². The Morgan fingerprint density at radius 3 is 2.68 bits per heavy atom. The van der Waals surface area contributed by atoms with Crippen LogP contribution in [-0.2, 0) is 11.3 Å². The maximum absolute atomic E-state index is 5.35. The van der Waals surface area contributed by atoms with Crippen LogP contribution in [0, 0.1) is 0 Å². The number of rotatable bonds is 7. The predicted molar refractivity (Wildman–Crippen MR) is 119 cm³/mol. The molecule has 1 aromatic carbocycles. The third kappa shape index (κ3) is 8.00. The van der Waals surface area contributed by atoms with Gasteiger partial charge in [0, 0.05) is 31.6 Å². The van der Waals surface area contributed by atoms with E-state index in [2.05, 4.69) is 60.8 Å². The zero-order chi connectivity index (χ0) is 17.2. The number of aliphatic imine (C=N–C) groups is 1. The lowest BCUT2D eigenvalue weighted by atomic mass is 10.1.